The van der Waals surface area contributed by atoms with Gasteiger partial charge in [-0.1, -0.05) is 13.8 Å². The van der Waals surface area contributed by atoms with Crippen molar-refractivity contribution in [2.24, 2.45) is 11.7 Å². The molecule has 1 aromatic rings. The first-order valence-corrected chi connectivity index (χ1v) is 9.57. The van der Waals surface area contributed by atoms with Crippen molar-refractivity contribution in [3.8, 4) is 0 Å². The smallest absolute Gasteiger partial charge is 0.326 e. The molecular formula is C18H28N6O7. The van der Waals surface area contributed by atoms with Crippen LogP contribution in [0.25, 0.3) is 0 Å². The van der Waals surface area contributed by atoms with Crippen molar-refractivity contribution in [1.29, 1.82) is 0 Å². The van der Waals surface area contributed by atoms with Gasteiger partial charge in [0.15, 0.2) is 0 Å². The van der Waals surface area contributed by atoms with E-state index in [1.54, 1.807) is 13.8 Å². The van der Waals surface area contributed by atoms with E-state index < -0.39 is 66.7 Å². The fourth-order valence-electron chi connectivity index (χ4n) is 2.66. The lowest BCUT2D eigenvalue weighted by Crippen LogP contribution is -2.58. The van der Waals surface area contributed by atoms with Gasteiger partial charge in [0.25, 0.3) is 0 Å². The number of aliphatic carboxylic acids is 2. The number of H-pyrrole nitrogens is 1. The number of hydrogen-bond acceptors (Lipinski definition) is 7. The molecule has 0 aliphatic heterocycles. The van der Waals surface area contributed by atoms with Crippen LogP contribution in [-0.2, 0) is 30.4 Å². The first kappa shape index (κ1) is 25.6. The normalized spacial score (nSPS) is 13.7. The molecule has 0 saturated heterocycles. The van der Waals surface area contributed by atoms with E-state index in [-0.39, 0.29) is 12.8 Å². The van der Waals surface area contributed by atoms with Crippen molar-refractivity contribution in [3.05, 3.63) is 18.2 Å². The van der Waals surface area contributed by atoms with Gasteiger partial charge in [-0.2, -0.15) is 0 Å². The second kappa shape index (κ2) is 12.3. The molecule has 0 aliphatic carbocycles. The topological polar surface area (TPSA) is 217 Å². The zero-order chi connectivity index (χ0) is 23.6. The van der Waals surface area contributed by atoms with E-state index in [0.717, 1.165) is 0 Å². The Labute approximate surface area is 178 Å². The second-order valence-electron chi connectivity index (χ2n) is 7.17. The lowest BCUT2D eigenvalue weighted by molar-refractivity contribution is -0.142. The molecule has 1 rings (SSSR count). The molecule has 0 spiro atoms. The van der Waals surface area contributed by atoms with Crippen molar-refractivity contribution in [3.63, 3.8) is 0 Å². The van der Waals surface area contributed by atoms with Crippen LogP contribution in [0.5, 0.6) is 0 Å². The molecule has 1 aromatic heterocycles. The maximum Gasteiger partial charge on any atom is 0.326 e. The third-order valence-electron chi connectivity index (χ3n) is 4.32. The average Bonchev–Trinajstić information content (AvgIpc) is 3.20. The zero-order valence-electron chi connectivity index (χ0n) is 17.3. The quantitative estimate of drug-likeness (QED) is 0.180. The molecule has 0 saturated carbocycles. The zero-order valence-corrected chi connectivity index (χ0v) is 17.3. The van der Waals surface area contributed by atoms with Crippen molar-refractivity contribution in [2.45, 2.75) is 51.2 Å². The van der Waals surface area contributed by atoms with Gasteiger partial charge in [-0.25, -0.2) is 9.78 Å². The maximum atomic E-state index is 12.7. The van der Waals surface area contributed by atoms with E-state index in [4.69, 9.17) is 10.8 Å². The number of nitrogens with one attached hydrogen (secondary N) is 4. The summed E-state index contributed by atoms with van der Waals surface area (Å²) in [4.78, 5) is 65.8. The second-order valence-corrected chi connectivity index (χ2v) is 7.17. The first-order chi connectivity index (χ1) is 14.5. The van der Waals surface area contributed by atoms with Gasteiger partial charge in [-0.05, 0) is 12.3 Å². The SMILES string of the molecule is CC(C)C(NC(=O)C(CCC(=O)O)NC(=O)CN)C(=O)NC(Cc1cnc[nH]1)C(=O)O. The highest BCUT2D eigenvalue weighted by molar-refractivity contribution is 5.94. The fourth-order valence-corrected chi connectivity index (χ4v) is 2.66. The van der Waals surface area contributed by atoms with Crippen LogP contribution in [0.3, 0.4) is 0 Å². The summed E-state index contributed by atoms with van der Waals surface area (Å²) in [6.07, 6.45) is 2.15. The minimum Gasteiger partial charge on any atom is -0.481 e. The van der Waals surface area contributed by atoms with Crippen LogP contribution in [0.1, 0.15) is 32.4 Å². The van der Waals surface area contributed by atoms with Gasteiger partial charge in [-0.3, -0.25) is 19.2 Å². The number of amides is 3. The number of imidazole rings is 1. The molecule has 172 valence electrons. The Morgan fingerprint density at radius 2 is 1.74 bits per heavy atom. The average molecular weight is 440 g/mol. The van der Waals surface area contributed by atoms with Gasteiger partial charge >= 0.3 is 11.9 Å². The van der Waals surface area contributed by atoms with Gasteiger partial charge in [0.1, 0.15) is 18.1 Å². The molecule has 3 atom stereocenters. The summed E-state index contributed by atoms with van der Waals surface area (Å²) >= 11 is 0. The number of nitrogens with two attached hydrogens (primary N) is 1. The number of aromatic nitrogens is 2. The summed E-state index contributed by atoms with van der Waals surface area (Å²) in [7, 11) is 0. The van der Waals surface area contributed by atoms with Crippen LogP contribution in [0.15, 0.2) is 12.5 Å². The number of carboxylic acids is 2. The predicted octanol–water partition coefficient (Wildman–Crippen LogP) is -2.03. The van der Waals surface area contributed by atoms with Gasteiger partial charge in [0.05, 0.1) is 12.9 Å². The van der Waals surface area contributed by atoms with Crippen LogP contribution in [-0.4, -0.2) is 74.5 Å². The summed E-state index contributed by atoms with van der Waals surface area (Å²) < 4.78 is 0. The minimum atomic E-state index is -1.27. The monoisotopic (exact) mass is 440 g/mol. The summed E-state index contributed by atoms with van der Waals surface area (Å²) in [5.74, 6) is -5.06. The van der Waals surface area contributed by atoms with Crippen LogP contribution < -0.4 is 21.7 Å². The van der Waals surface area contributed by atoms with Gasteiger partial charge < -0.3 is 36.9 Å². The van der Waals surface area contributed by atoms with Crippen molar-refractivity contribution >= 4 is 29.7 Å². The molecule has 0 aliphatic rings. The third-order valence-corrected chi connectivity index (χ3v) is 4.32. The van der Waals surface area contributed by atoms with Crippen LogP contribution in [0.2, 0.25) is 0 Å². The summed E-state index contributed by atoms with van der Waals surface area (Å²) in [6.45, 7) is 2.87. The Bertz CT molecular complexity index is 780. The van der Waals surface area contributed by atoms with E-state index in [0.29, 0.717) is 5.69 Å². The van der Waals surface area contributed by atoms with Crippen molar-refractivity contribution < 1.29 is 34.2 Å². The highest BCUT2D eigenvalue weighted by Crippen LogP contribution is 2.07. The molecule has 0 bridgehead atoms. The van der Waals surface area contributed by atoms with Crippen LogP contribution in [0, 0.1) is 5.92 Å². The number of nitrogens with zero attached hydrogens (tertiary/aromatic N) is 1. The number of carboxylic acid groups (broad SMARTS) is 2. The van der Waals surface area contributed by atoms with E-state index in [1.807, 2.05) is 0 Å². The minimum absolute atomic E-state index is 0.0480. The Morgan fingerprint density at radius 1 is 1.06 bits per heavy atom. The number of carbonyl (C=O) groups excluding carboxylic acids is 3. The standard InChI is InChI=1S/C18H28N6O7/c1-9(2)15(17(29)23-12(18(30)31)5-10-7-20-8-21-10)24-16(28)11(3-4-14(26)27)22-13(25)6-19/h7-9,11-12,15H,3-6,19H2,1-2H3,(H,20,21)(H,22,25)(H,23,29)(H,24,28)(H,26,27)(H,30,31). The lowest BCUT2D eigenvalue weighted by Gasteiger charge is -2.26. The largest absolute Gasteiger partial charge is 0.481 e. The van der Waals surface area contributed by atoms with E-state index in [2.05, 4.69) is 25.9 Å². The fraction of sp³-hybridized carbons (Fsp3) is 0.556. The van der Waals surface area contributed by atoms with Gasteiger partial charge in [0.2, 0.25) is 17.7 Å². The highest BCUT2D eigenvalue weighted by Gasteiger charge is 2.31. The predicted molar refractivity (Wildman–Crippen MR) is 106 cm³/mol. The molecule has 0 aromatic carbocycles. The van der Waals surface area contributed by atoms with Crippen molar-refractivity contribution in [2.75, 3.05) is 6.54 Å². The number of hydrogen-bond donors (Lipinski definition) is 7. The van der Waals surface area contributed by atoms with Crippen molar-refractivity contribution in [1.82, 2.24) is 25.9 Å². The number of carbonyl (C=O) groups is 5. The van der Waals surface area contributed by atoms with Gasteiger partial charge in [0, 0.05) is 24.7 Å². The lowest BCUT2D eigenvalue weighted by atomic mass is 10.0. The molecule has 13 nitrogen and oxygen atoms in total. The molecular weight excluding hydrogens is 412 g/mol. The van der Waals surface area contributed by atoms with Crippen LogP contribution in [0.4, 0.5) is 0 Å². The molecule has 8 N–H and O–H groups in total. The molecule has 3 unspecified atom stereocenters. The Balaban J connectivity index is 2.89. The Kier molecular flexibility index (Phi) is 10.1. The first-order valence-electron chi connectivity index (χ1n) is 9.57. The van der Waals surface area contributed by atoms with Crippen LogP contribution >= 0.6 is 0 Å². The molecule has 1 heterocycles. The maximum absolute atomic E-state index is 12.7. The summed E-state index contributed by atoms with van der Waals surface area (Å²) in [5.41, 5.74) is 5.72. The summed E-state index contributed by atoms with van der Waals surface area (Å²) in [5, 5.41) is 25.4. The van der Waals surface area contributed by atoms with E-state index in [1.165, 1.54) is 12.5 Å². The number of aromatic amines is 1. The van der Waals surface area contributed by atoms with Gasteiger partial charge in [-0.15, -0.1) is 0 Å². The molecule has 3 amide bonds. The molecule has 0 radical (unpaired) electrons. The highest BCUT2D eigenvalue weighted by atomic mass is 16.4. The van der Waals surface area contributed by atoms with E-state index in [9.17, 15) is 29.1 Å². The number of rotatable bonds is 13. The van der Waals surface area contributed by atoms with E-state index >= 15 is 0 Å². The molecule has 31 heavy (non-hydrogen) atoms. The third kappa shape index (κ3) is 8.82. The Hall–Kier alpha value is -3.48. The summed E-state index contributed by atoms with van der Waals surface area (Å²) in [6, 6.07) is -3.62. The molecule has 13 heteroatoms. The Morgan fingerprint density at radius 3 is 2.23 bits per heavy atom. The molecule has 0 fully saturated rings.